The molecule has 0 N–H and O–H groups in total. The van der Waals surface area contributed by atoms with E-state index in [0.29, 0.717) is 34.7 Å². The third-order valence-corrected chi connectivity index (χ3v) is 5.39. The van der Waals surface area contributed by atoms with Crippen LogP contribution in [0.1, 0.15) is 29.7 Å². The Morgan fingerprint density at radius 3 is 1.53 bits per heavy atom. The summed E-state index contributed by atoms with van der Waals surface area (Å²) < 4.78 is 0. The van der Waals surface area contributed by atoms with Gasteiger partial charge >= 0.3 is 0 Å². The van der Waals surface area contributed by atoms with Gasteiger partial charge in [-0.25, -0.2) is 19.9 Å². The van der Waals surface area contributed by atoms with Gasteiger partial charge in [-0.3, -0.25) is 9.80 Å². The summed E-state index contributed by atoms with van der Waals surface area (Å²) in [6.45, 7) is 7.83. The molecule has 2 aromatic carbocycles. The Balaban J connectivity index is 1.92. The third kappa shape index (κ3) is 3.22. The van der Waals surface area contributed by atoms with Crippen molar-refractivity contribution in [3.8, 4) is 12.1 Å². The van der Waals surface area contributed by atoms with Crippen molar-refractivity contribution < 1.29 is 0 Å². The van der Waals surface area contributed by atoms with Gasteiger partial charge in [0, 0.05) is 11.4 Å². The van der Waals surface area contributed by atoms with Crippen molar-refractivity contribution in [1.82, 2.24) is 19.9 Å². The molecule has 5 rings (SSSR count). The maximum atomic E-state index is 9.66. The first-order chi connectivity index (χ1) is 16.5. The van der Waals surface area contributed by atoms with Gasteiger partial charge in [0.15, 0.2) is 34.7 Å². The molecule has 3 heterocycles. The van der Waals surface area contributed by atoms with Gasteiger partial charge in [-0.15, -0.1) is 0 Å². The number of nitrogens with zero attached hydrogens (tertiary/aromatic N) is 8. The summed E-state index contributed by atoms with van der Waals surface area (Å²) in [5.41, 5.74) is 3.61. The van der Waals surface area contributed by atoms with Crippen molar-refractivity contribution >= 4 is 40.2 Å². The number of aromatic nitrogens is 4. The van der Waals surface area contributed by atoms with Crippen LogP contribution in [0.5, 0.6) is 0 Å². The molecule has 0 saturated carbocycles. The lowest BCUT2D eigenvalue weighted by Crippen LogP contribution is -2.29. The van der Waals surface area contributed by atoms with E-state index in [-0.39, 0.29) is 11.4 Å². The highest BCUT2D eigenvalue weighted by atomic mass is 15.4. The van der Waals surface area contributed by atoms with Crippen LogP contribution in [0.3, 0.4) is 0 Å². The molecule has 0 radical (unpaired) electrons. The maximum absolute atomic E-state index is 9.66. The molecule has 8 nitrogen and oxygen atoms in total. The second kappa shape index (κ2) is 8.12. The lowest BCUT2D eigenvalue weighted by Gasteiger charge is -2.37. The quantitative estimate of drug-likeness (QED) is 0.355. The Labute approximate surface area is 196 Å². The summed E-state index contributed by atoms with van der Waals surface area (Å²) in [5, 5.41) is 19.3. The zero-order valence-electron chi connectivity index (χ0n) is 18.6. The summed E-state index contributed by atoms with van der Waals surface area (Å²) in [4.78, 5) is 22.7. The van der Waals surface area contributed by atoms with Crippen LogP contribution in [0.15, 0.2) is 67.2 Å². The molecule has 0 amide bonds. The SMILES string of the molecule is C=C(C)c1nc2c(nc1C)N(c1ccccc1)c1nc(C#N)c(C#N)nc1N2c1ccccc1. The van der Waals surface area contributed by atoms with Crippen molar-refractivity contribution in [3.05, 3.63) is 90.0 Å². The summed E-state index contributed by atoms with van der Waals surface area (Å²) >= 11 is 0. The lowest BCUT2D eigenvalue weighted by molar-refractivity contribution is 0.955. The van der Waals surface area contributed by atoms with Crippen LogP contribution in [0.2, 0.25) is 0 Å². The Hall–Kier alpha value is -5.08. The van der Waals surface area contributed by atoms with Gasteiger partial charge < -0.3 is 0 Å². The largest absolute Gasteiger partial charge is 0.273 e. The molecular formula is C26H18N8. The lowest BCUT2D eigenvalue weighted by atomic mass is 10.1. The number of anilines is 6. The minimum absolute atomic E-state index is 0.0538. The molecule has 0 unspecified atom stereocenters. The second-order valence-electron chi connectivity index (χ2n) is 7.72. The normalized spacial score (nSPS) is 11.8. The first-order valence-corrected chi connectivity index (χ1v) is 10.5. The van der Waals surface area contributed by atoms with Crippen molar-refractivity contribution in [2.24, 2.45) is 0 Å². The van der Waals surface area contributed by atoms with Crippen LogP contribution in [0.25, 0.3) is 5.57 Å². The standard InChI is InChI=1S/C26H18N8/c1-16(2)22-17(3)29-23-26(32-22)34(19-12-8-5-9-13-19)25-24(30-20(14-27)21(15-28)31-25)33(23)18-10-6-4-7-11-18/h4-13H,1H2,2-3H3. The zero-order valence-corrected chi connectivity index (χ0v) is 18.6. The smallest absolute Gasteiger partial charge is 0.184 e. The molecular weight excluding hydrogens is 424 g/mol. The third-order valence-electron chi connectivity index (χ3n) is 5.39. The minimum Gasteiger partial charge on any atom is -0.273 e. The topological polar surface area (TPSA) is 106 Å². The highest BCUT2D eigenvalue weighted by Crippen LogP contribution is 2.51. The maximum Gasteiger partial charge on any atom is 0.184 e. The first kappa shape index (κ1) is 20.8. The van der Waals surface area contributed by atoms with Crippen LogP contribution < -0.4 is 9.80 Å². The van der Waals surface area contributed by atoms with E-state index < -0.39 is 0 Å². The minimum atomic E-state index is -0.0566. The predicted octanol–water partition coefficient (Wildman–Crippen LogP) is 5.60. The molecule has 4 aromatic rings. The number of hydrogen-bond acceptors (Lipinski definition) is 8. The van der Waals surface area contributed by atoms with E-state index in [0.717, 1.165) is 16.9 Å². The van der Waals surface area contributed by atoms with Crippen LogP contribution in [0.4, 0.5) is 34.6 Å². The number of fused-ring (bicyclic) bond motifs is 2. The fraction of sp³-hybridized carbons (Fsp3) is 0.0769. The fourth-order valence-electron chi connectivity index (χ4n) is 3.92. The molecule has 0 atom stereocenters. The summed E-state index contributed by atoms with van der Waals surface area (Å²) in [6, 6.07) is 23.1. The highest BCUT2D eigenvalue weighted by molar-refractivity contribution is 5.96. The van der Waals surface area contributed by atoms with E-state index in [2.05, 4.69) is 16.5 Å². The molecule has 0 saturated heterocycles. The Kier molecular flexibility index (Phi) is 4.97. The number of allylic oxidation sites excluding steroid dienone is 1. The van der Waals surface area contributed by atoms with Crippen LogP contribution >= 0.6 is 0 Å². The molecule has 0 bridgehead atoms. The van der Waals surface area contributed by atoms with E-state index in [1.54, 1.807) is 0 Å². The van der Waals surface area contributed by atoms with E-state index in [1.165, 1.54) is 0 Å². The van der Waals surface area contributed by atoms with Crippen molar-refractivity contribution in [3.63, 3.8) is 0 Å². The Morgan fingerprint density at radius 2 is 1.12 bits per heavy atom. The number of benzene rings is 2. The Morgan fingerprint density at radius 1 is 0.706 bits per heavy atom. The van der Waals surface area contributed by atoms with Gasteiger partial charge in [-0.2, -0.15) is 10.5 Å². The number of para-hydroxylation sites is 2. The Bertz CT molecular complexity index is 1510. The number of hydrogen-bond donors (Lipinski definition) is 0. The number of rotatable bonds is 3. The van der Waals surface area contributed by atoms with Gasteiger partial charge in [-0.1, -0.05) is 43.0 Å². The monoisotopic (exact) mass is 442 g/mol. The predicted molar refractivity (Wildman–Crippen MR) is 129 cm³/mol. The van der Waals surface area contributed by atoms with Gasteiger partial charge in [-0.05, 0) is 43.7 Å². The van der Waals surface area contributed by atoms with Crippen LogP contribution in [0, 0.1) is 29.6 Å². The van der Waals surface area contributed by atoms with Gasteiger partial charge in [0.25, 0.3) is 0 Å². The van der Waals surface area contributed by atoms with Gasteiger partial charge in [0.2, 0.25) is 0 Å². The van der Waals surface area contributed by atoms with Crippen molar-refractivity contribution in [2.45, 2.75) is 13.8 Å². The first-order valence-electron chi connectivity index (χ1n) is 10.5. The molecule has 162 valence electrons. The van der Waals surface area contributed by atoms with E-state index in [1.807, 2.05) is 96.4 Å². The molecule has 2 aromatic heterocycles. The number of aryl methyl sites for hydroxylation is 1. The average Bonchev–Trinajstić information content (AvgIpc) is 2.87. The average molecular weight is 442 g/mol. The summed E-state index contributed by atoms with van der Waals surface area (Å²) in [6.07, 6.45) is 0. The molecule has 1 aliphatic rings. The fourth-order valence-corrected chi connectivity index (χ4v) is 3.92. The zero-order chi connectivity index (χ0) is 23.8. The molecule has 34 heavy (non-hydrogen) atoms. The van der Waals surface area contributed by atoms with E-state index >= 15 is 0 Å². The molecule has 8 heteroatoms. The summed E-state index contributed by atoms with van der Waals surface area (Å²) in [5.74, 6) is 1.82. The van der Waals surface area contributed by atoms with E-state index in [4.69, 9.17) is 9.97 Å². The van der Waals surface area contributed by atoms with Gasteiger partial charge in [0.05, 0.1) is 11.4 Å². The van der Waals surface area contributed by atoms with Crippen LogP contribution in [-0.4, -0.2) is 19.9 Å². The van der Waals surface area contributed by atoms with Gasteiger partial charge in [0.1, 0.15) is 12.1 Å². The summed E-state index contributed by atoms with van der Waals surface area (Å²) in [7, 11) is 0. The van der Waals surface area contributed by atoms with Crippen molar-refractivity contribution in [2.75, 3.05) is 9.80 Å². The molecule has 1 aliphatic heterocycles. The molecule has 0 fully saturated rings. The molecule has 0 spiro atoms. The van der Waals surface area contributed by atoms with Crippen molar-refractivity contribution in [1.29, 1.82) is 10.5 Å². The van der Waals surface area contributed by atoms with Crippen LogP contribution in [-0.2, 0) is 0 Å². The number of nitriles is 2. The molecule has 0 aliphatic carbocycles. The second-order valence-corrected chi connectivity index (χ2v) is 7.72. The van der Waals surface area contributed by atoms with E-state index in [9.17, 15) is 10.5 Å². The highest BCUT2D eigenvalue weighted by Gasteiger charge is 2.37.